The highest BCUT2D eigenvalue weighted by Crippen LogP contribution is 2.11. The average molecular weight is 201 g/mol. The fraction of sp³-hybridized carbons (Fsp3) is 0.900. The number of nitrogens with zero attached hydrogens (tertiary/aromatic N) is 1. The molecule has 0 spiro atoms. The monoisotopic (exact) mass is 201 g/mol. The molecule has 14 heavy (non-hydrogen) atoms. The third kappa shape index (κ3) is 3.27. The van der Waals surface area contributed by atoms with Crippen LogP contribution in [0.2, 0.25) is 0 Å². The predicted octanol–water partition coefficient (Wildman–Crippen LogP) is 0.659. The summed E-state index contributed by atoms with van der Waals surface area (Å²) in [6.07, 6.45) is 0.729. The fourth-order valence-electron chi connectivity index (χ4n) is 1.70. The molecule has 1 aliphatic heterocycles. The number of carbonyl (C=O) groups excluding carboxylic acids is 1. The second kappa shape index (κ2) is 5.32. The summed E-state index contributed by atoms with van der Waals surface area (Å²) in [6, 6.07) is 0.244. The van der Waals surface area contributed by atoms with Crippen molar-refractivity contribution in [3.63, 3.8) is 0 Å². The third-order valence-electron chi connectivity index (χ3n) is 2.59. The standard InChI is InChI=1S/C10H19NO3/c1-8(6-10(12)13-3)11-4-5-14-9(2)7-11/h8-9H,4-7H2,1-3H3. The minimum atomic E-state index is -0.142. The topological polar surface area (TPSA) is 38.8 Å². The molecule has 0 bridgehead atoms. The molecule has 0 aromatic carbocycles. The highest BCUT2D eigenvalue weighted by molar-refractivity contribution is 5.69. The number of hydrogen-bond donors (Lipinski definition) is 0. The van der Waals surface area contributed by atoms with Crippen LogP contribution in [0.5, 0.6) is 0 Å². The van der Waals surface area contributed by atoms with Crippen LogP contribution in [0.1, 0.15) is 20.3 Å². The fourth-order valence-corrected chi connectivity index (χ4v) is 1.70. The second-order valence-corrected chi connectivity index (χ2v) is 3.81. The summed E-state index contributed by atoms with van der Waals surface area (Å²) in [6.45, 7) is 6.67. The number of ether oxygens (including phenoxy) is 2. The van der Waals surface area contributed by atoms with Gasteiger partial charge in [0.05, 0.1) is 26.2 Å². The number of esters is 1. The van der Waals surface area contributed by atoms with Crippen molar-refractivity contribution in [1.82, 2.24) is 4.90 Å². The van der Waals surface area contributed by atoms with Crippen molar-refractivity contribution in [3.05, 3.63) is 0 Å². The molecule has 4 heteroatoms. The van der Waals surface area contributed by atoms with Crippen LogP contribution in [-0.4, -0.2) is 49.8 Å². The Hall–Kier alpha value is -0.610. The Morgan fingerprint density at radius 1 is 1.71 bits per heavy atom. The van der Waals surface area contributed by atoms with Gasteiger partial charge in [0.15, 0.2) is 0 Å². The first-order chi connectivity index (χ1) is 6.63. The van der Waals surface area contributed by atoms with Crippen LogP contribution in [-0.2, 0) is 14.3 Å². The minimum absolute atomic E-state index is 0.142. The maximum Gasteiger partial charge on any atom is 0.307 e. The van der Waals surface area contributed by atoms with Gasteiger partial charge in [-0.3, -0.25) is 9.69 Å². The largest absolute Gasteiger partial charge is 0.469 e. The van der Waals surface area contributed by atoms with E-state index in [1.54, 1.807) is 0 Å². The van der Waals surface area contributed by atoms with Gasteiger partial charge in [-0.2, -0.15) is 0 Å². The maximum atomic E-state index is 11.1. The summed E-state index contributed by atoms with van der Waals surface area (Å²) in [5.74, 6) is -0.142. The molecule has 0 N–H and O–H groups in total. The number of morpholine rings is 1. The normalized spacial score (nSPS) is 25.8. The average Bonchev–Trinajstić information content (AvgIpc) is 2.17. The minimum Gasteiger partial charge on any atom is -0.469 e. The van der Waals surface area contributed by atoms with Crippen molar-refractivity contribution < 1.29 is 14.3 Å². The molecular formula is C10H19NO3. The molecule has 0 radical (unpaired) electrons. The van der Waals surface area contributed by atoms with Gasteiger partial charge in [-0.05, 0) is 13.8 Å². The molecule has 0 aliphatic carbocycles. The predicted molar refractivity (Wildman–Crippen MR) is 53.1 cm³/mol. The zero-order valence-corrected chi connectivity index (χ0v) is 9.16. The molecule has 1 heterocycles. The van der Waals surface area contributed by atoms with Gasteiger partial charge in [0.25, 0.3) is 0 Å². The number of rotatable bonds is 3. The maximum absolute atomic E-state index is 11.1. The molecule has 0 amide bonds. The second-order valence-electron chi connectivity index (χ2n) is 3.81. The molecule has 0 aromatic heterocycles. The van der Waals surface area contributed by atoms with Gasteiger partial charge < -0.3 is 9.47 Å². The zero-order valence-electron chi connectivity index (χ0n) is 9.16. The highest BCUT2D eigenvalue weighted by Gasteiger charge is 2.22. The smallest absolute Gasteiger partial charge is 0.307 e. The summed E-state index contributed by atoms with van der Waals surface area (Å²) in [5, 5.41) is 0. The van der Waals surface area contributed by atoms with Crippen molar-refractivity contribution in [2.24, 2.45) is 0 Å². The van der Waals surface area contributed by atoms with Crippen LogP contribution in [0.25, 0.3) is 0 Å². The highest BCUT2D eigenvalue weighted by atomic mass is 16.5. The number of hydrogen-bond acceptors (Lipinski definition) is 4. The Morgan fingerprint density at radius 3 is 3.00 bits per heavy atom. The van der Waals surface area contributed by atoms with E-state index in [1.165, 1.54) is 7.11 Å². The summed E-state index contributed by atoms with van der Waals surface area (Å²) in [4.78, 5) is 13.3. The van der Waals surface area contributed by atoms with E-state index in [4.69, 9.17) is 4.74 Å². The molecule has 1 rings (SSSR count). The Kier molecular flexibility index (Phi) is 4.35. The van der Waals surface area contributed by atoms with E-state index in [0.29, 0.717) is 6.42 Å². The van der Waals surface area contributed by atoms with Crippen LogP contribution < -0.4 is 0 Å². The Balaban J connectivity index is 2.35. The number of methoxy groups -OCH3 is 1. The summed E-state index contributed by atoms with van der Waals surface area (Å²) in [7, 11) is 1.43. The lowest BCUT2D eigenvalue weighted by molar-refractivity contribution is -0.142. The molecule has 2 unspecified atom stereocenters. The molecule has 1 saturated heterocycles. The molecule has 4 nitrogen and oxygen atoms in total. The van der Waals surface area contributed by atoms with Crippen molar-refractivity contribution >= 4 is 5.97 Å². The lowest BCUT2D eigenvalue weighted by atomic mass is 10.1. The van der Waals surface area contributed by atoms with E-state index < -0.39 is 0 Å². The molecule has 2 atom stereocenters. The number of carbonyl (C=O) groups is 1. The first kappa shape index (κ1) is 11.5. The third-order valence-corrected chi connectivity index (χ3v) is 2.59. The van der Waals surface area contributed by atoms with Crippen molar-refractivity contribution in [2.45, 2.75) is 32.4 Å². The SMILES string of the molecule is COC(=O)CC(C)N1CCOC(C)C1. The Labute approximate surface area is 85.2 Å². The van der Waals surface area contributed by atoms with Gasteiger partial charge >= 0.3 is 5.97 Å². The van der Waals surface area contributed by atoms with Crippen molar-refractivity contribution in [2.75, 3.05) is 26.8 Å². The lowest BCUT2D eigenvalue weighted by Crippen LogP contribution is -2.46. The quantitative estimate of drug-likeness (QED) is 0.629. The Bertz CT molecular complexity index is 196. The molecule has 0 aromatic rings. The van der Waals surface area contributed by atoms with E-state index in [1.807, 2.05) is 0 Å². The molecule has 82 valence electrons. The molecule has 1 fully saturated rings. The first-order valence-electron chi connectivity index (χ1n) is 5.06. The zero-order chi connectivity index (χ0) is 10.6. The van der Waals surface area contributed by atoms with Gasteiger partial charge in [0, 0.05) is 19.1 Å². The first-order valence-corrected chi connectivity index (χ1v) is 5.06. The van der Waals surface area contributed by atoms with E-state index >= 15 is 0 Å². The van der Waals surface area contributed by atoms with Gasteiger partial charge in [-0.15, -0.1) is 0 Å². The van der Waals surface area contributed by atoms with Gasteiger partial charge in [0.2, 0.25) is 0 Å². The lowest BCUT2D eigenvalue weighted by Gasteiger charge is -2.35. The van der Waals surface area contributed by atoms with E-state index in [0.717, 1.165) is 19.7 Å². The molecule has 0 saturated carbocycles. The summed E-state index contributed by atoms with van der Waals surface area (Å²) < 4.78 is 10.1. The van der Waals surface area contributed by atoms with Gasteiger partial charge in [-0.1, -0.05) is 0 Å². The van der Waals surface area contributed by atoms with Crippen molar-refractivity contribution in [1.29, 1.82) is 0 Å². The van der Waals surface area contributed by atoms with E-state index in [9.17, 15) is 4.79 Å². The van der Waals surface area contributed by atoms with Gasteiger partial charge in [0.1, 0.15) is 0 Å². The van der Waals surface area contributed by atoms with Crippen molar-refractivity contribution in [3.8, 4) is 0 Å². The summed E-state index contributed by atoms with van der Waals surface area (Å²) >= 11 is 0. The molecule has 1 aliphatic rings. The van der Waals surface area contributed by atoms with E-state index in [2.05, 4.69) is 23.5 Å². The molecular weight excluding hydrogens is 182 g/mol. The van der Waals surface area contributed by atoms with Crippen LogP contribution >= 0.6 is 0 Å². The van der Waals surface area contributed by atoms with Gasteiger partial charge in [-0.25, -0.2) is 0 Å². The Morgan fingerprint density at radius 2 is 2.43 bits per heavy atom. The van der Waals surface area contributed by atoms with Crippen LogP contribution in [0.3, 0.4) is 0 Å². The van der Waals surface area contributed by atoms with Crippen LogP contribution in [0.4, 0.5) is 0 Å². The van der Waals surface area contributed by atoms with Crippen LogP contribution in [0.15, 0.2) is 0 Å². The van der Waals surface area contributed by atoms with E-state index in [-0.39, 0.29) is 18.1 Å². The van der Waals surface area contributed by atoms with Crippen LogP contribution in [0, 0.1) is 0 Å². The summed E-state index contributed by atoms with van der Waals surface area (Å²) in [5.41, 5.74) is 0.